The Balaban J connectivity index is 1.87. The predicted octanol–water partition coefficient (Wildman–Crippen LogP) is -1.13. The summed E-state index contributed by atoms with van der Waals surface area (Å²) in [6, 6.07) is 0. The van der Waals surface area contributed by atoms with E-state index in [1.165, 1.54) is 0 Å². The van der Waals surface area contributed by atoms with Crippen LogP contribution in [0.15, 0.2) is 0 Å². The van der Waals surface area contributed by atoms with Gasteiger partial charge >= 0.3 is 0 Å². The highest BCUT2D eigenvalue weighted by Crippen LogP contribution is 2.06. The highest BCUT2D eigenvalue weighted by atomic mass is 16.2. The van der Waals surface area contributed by atoms with E-state index in [1.807, 2.05) is 11.8 Å². The van der Waals surface area contributed by atoms with Crippen LogP contribution in [-0.4, -0.2) is 76.6 Å². The molecule has 1 fully saturated rings. The van der Waals surface area contributed by atoms with Gasteiger partial charge in [0.05, 0.1) is 6.54 Å². The normalized spacial score (nSPS) is 16.2. The van der Waals surface area contributed by atoms with Crippen LogP contribution in [0, 0.1) is 0 Å². The topological polar surface area (TPSA) is 94.2 Å². The number of likely N-dealkylation sites (N-methyl/N-ethyl adjacent to an activating group) is 1. The molecule has 2 amide bonds. The van der Waals surface area contributed by atoms with Gasteiger partial charge in [0.2, 0.25) is 11.7 Å². The zero-order valence-electron chi connectivity index (χ0n) is 11.8. The molecule has 1 saturated heterocycles. The first-order valence-corrected chi connectivity index (χ1v) is 6.77. The molecule has 0 radical (unpaired) electrons. The van der Waals surface area contributed by atoms with Crippen molar-refractivity contribution in [3.05, 3.63) is 11.6 Å². The Morgan fingerprint density at radius 2 is 2.00 bits per heavy atom. The molecule has 0 spiro atoms. The van der Waals surface area contributed by atoms with Gasteiger partial charge < -0.3 is 10.2 Å². The molecule has 1 aromatic rings. The largest absolute Gasteiger partial charge is 0.358 e. The Kier molecular flexibility index (Phi) is 4.67. The Hall–Kier alpha value is -1.96. The molecule has 110 valence electrons. The summed E-state index contributed by atoms with van der Waals surface area (Å²) in [4.78, 5) is 31.4. The van der Waals surface area contributed by atoms with E-state index in [0.29, 0.717) is 38.5 Å². The molecule has 8 heteroatoms. The van der Waals surface area contributed by atoms with Gasteiger partial charge in [0.1, 0.15) is 5.82 Å². The summed E-state index contributed by atoms with van der Waals surface area (Å²) < 4.78 is 0. The van der Waals surface area contributed by atoms with Crippen LogP contribution in [0.25, 0.3) is 0 Å². The van der Waals surface area contributed by atoms with Crippen LogP contribution < -0.4 is 5.32 Å². The average molecular weight is 280 g/mol. The van der Waals surface area contributed by atoms with Gasteiger partial charge in [-0.2, -0.15) is 0 Å². The van der Waals surface area contributed by atoms with Gasteiger partial charge in [0, 0.05) is 39.6 Å². The number of hydrogen-bond acceptors (Lipinski definition) is 5. The maximum absolute atomic E-state index is 12.2. The van der Waals surface area contributed by atoms with Crippen LogP contribution in [0.2, 0.25) is 0 Å². The van der Waals surface area contributed by atoms with E-state index in [9.17, 15) is 9.59 Å². The van der Waals surface area contributed by atoms with Gasteiger partial charge in [-0.25, -0.2) is 4.98 Å². The van der Waals surface area contributed by atoms with Gasteiger partial charge in [-0.3, -0.25) is 19.6 Å². The lowest BCUT2D eigenvalue weighted by Gasteiger charge is -2.33. The van der Waals surface area contributed by atoms with Crippen LogP contribution in [0.4, 0.5) is 0 Å². The monoisotopic (exact) mass is 280 g/mol. The molecule has 1 aliphatic heterocycles. The quantitative estimate of drug-likeness (QED) is 0.728. The first-order chi connectivity index (χ1) is 9.63. The first-order valence-electron chi connectivity index (χ1n) is 6.77. The van der Waals surface area contributed by atoms with Gasteiger partial charge in [-0.05, 0) is 0 Å². The number of carbonyl (C=O) groups excluding carboxylic acids is 2. The van der Waals surface area contributed by atoms with Gasteiger partial charge in [0.25, 0.3) is 5.91 Å². The summed E-state index contributed by atoms with van der Waals surface area (Å²) in [5.74, 6) is 0.778. The van der Waals surface area contributed by atoms with Crippen molar-refractivity contribution >= 4 is 11.8 Å². The first kappa shape index (κ1) is 14.4. The summed E-state index contributed by atoms with van der Waals surface area (Å²) in [5.41, 5.74) is 0. The highest BCUT2D eigenvalue weighted by Gasteiger charge is 2.25. The van der Waals surface area contributed by atoms with Crippen LogP contribution in [0.5, 0.6) is 0 Å². The lowest BCUT2D eigenvalue weighted by molar-refractivity contribution is -0.122. The predicted molar refractivity (Wildman–Crippen MR) is 72.2 cm³/mol. The van der Waals surface area contributed by atoms with Crippen molar-refractivity contribution in [2.75, 3.05) is 39.8 Å². The standard InChI is InChI=1S/C12H20N6O2/c1-3-9-14-11(16-15-9)12(20)18-6-4-17(5-7-18)8-10(19)13-2/h3-8H2,1-2H3,(H,13,19)(H,14,15,16). The molecule has 0 saturated carbocycles. The smallest absolute Gasteiger partial charge is 0.293 e. The minimum Gasteiger partial charge on any atom is -0.358 e. The van der Waals surface area contributed by atoms with Crippen molar-refractivity contribution in [1.82, 2.24) is 30.3 Å². The second kappa shape index (κ2) is 6.47. The molecule has 0 aromatic carbocycles. The Morgan fingerprint density at radius 1 is 1.30 bits per heavy atom. The van der Waals surface area contributed by atoms with E-state index in [-0.39, 0.29) is 17.6 Å². The van der Waals surface area contributed by atoms with Gasteiger partial charge in [-0.1, -0.05) is 6.92 Å². The second-order valence-corrected chi connectivity index (χ2v) is 4.70. The summed E-state index contributed by atoms with van der Waals surface area (Å²) >= 11 is 0. The number of piperazine rings is 1. The van der Waals surface area contributed by atoms with Crippen LogP contribution in [-0.2, 0) is 11.2 Å². The molecule has 2 heterocycles. The fraction of sp³-hybridized carbons (Fsp3) is 0.667. The summed E-state index contributed by atoms with van der Waals surface area (Å²) in [7, 11) is 1.62. The minimum atomic E-state index is -0.152. The number of nitrogens with zero attached hydrogens (tertiary/aromatic N) is 4. The zero-order valence-corrected chi connectivity index (χ0v) is 11.8. The van der Waals surface area contributed by atoms with Crippen molar-refractivity contribution < 1.29 is 9.59 Å². The van der Waals surface area contributed by atoms with Crippen LogP contribution in [0.1, 0.15) is 23.4 Å². The molecule has 1 aromatic heterocycles. The van der Waals surface area contributed by atoms with Crippen LogP contribution >= 0.6 is 0 Å². The van der Waals surface area contributed by atoms with Gasteiger partial charge in [0.15, 0.2) is 0 Å². The summed E-state index contributed by atoms with van der Waals surface area (Å²) in [6.07, 6.45) is 0.722. The molecule has 0 unspecified atom stereocenters. The number of rotatable bonds is 4. The minimum absolute atomic E-state index is 0.00803. The van der Waals surface area contributed by atoms with Crippen molar-refractivity contribution in [2.45, 2.75) is 13.3 Å². The molecule has 2 N–H and O–H groups in total. The number of H-pyrrole nitrogens is 1. The Bertz CT molecular complexity index is 478. The number of hydrogen-bond donors (Lipinski definition) is 2. The number of aryl methyl sites for hydroxylation is 1. The molecule has 0 atom stereocenters. The zero-order chi connectivity index (χ0) is 14.5. The molecule has 0 aliphatic carbocycles. The van der Waals surface area contributed by atoms with Crippen LogP contribution in [0.3, 0.4) is 0 Å². The molecule has 8 nitrogen and oxygen atoms in total. The van der Waals surface area contributed by atoms with Crippen molar-refractivity contribution in [1.29, 1.82) is 0 Å². The van der Waals surface area contributed by atoms with E-state index in [0.717, 1.165) is 6.42 Å². The third-order valence-electron chi connectivity index (χ3n) is 3.36. The highest BCUT2D eigenvalue weighted by molar-refractivity contribution is 5.90. The third-order valence-corrected chi connectivity index (χ3v) is 3.36. The summed E-state index contributed by atoms with van der Waals surface area (Å²) in [5, 5.41) is 9.28. The lowest BCUT2D eigenvalue weighted by Crippen LogP contribution is -2.51. The fourth-order valence-corrected chi connectivity index (χ4v) is 2.08. The molecule has 2 rings (SSSR count). The molecular formula is C12H20N6O2. The van der Waals surface area contributed by atoms with E-state index >= 15 is 0 Å². The molecular weight excluding hydrogens is 260 g/mol. The number of amides is 2. The fourth-order valence-electron chi connectivity index (χ4n) is 2.08. The molecule has 0 bridgehead atoms. The maximum atomic E-state index is 12.2. The Labute approximate surface area is 117 Å². The number of carbonyl (C=O) groups is 2. The molecule has 20 heavy (non-hydrogen) atoms. The lowest BCUT2D eigenvalue weighted by atomic mass is 10.3. The molecule has 1 aliphatic rings. The summed E-state index contributed by atoms with van der Waals surface area (Å²) in [6.45, 7) is 4.87. The van der Waals surface area contributed by atoms with E-state index < -0.39 is 0 Å². The maximum Gasteiger partial charge on any atom is 0.293 e. The number of aromatic nitrogens is 3. The third kappa shape index (κ3) is 3.32. The van der Waals surface area contributed by atoms with E-state index in [2.05, 4.69) is 20.5 Å². The van der Waals surface area contributed by atoms with Crippen molar-refractivity contribution in [2.24, 2.45) is 0 Å². The van der Waals surface area contributed by atoms with E-state index in [4.69, 9.17) is 0 Å². The Morgan fingerprint density at radius 3 is 2.55 bits per heavy atom. The second-order valence-electron chi connectivity index (χ2n) is 4.70. The van der Waals surface area contributed by atoms with Crippen molar-refractivity contribution in [3.63, 3.8) is 0 Å². The van der Waals surface area contributed by atoms with Crippen molar-refractivity contribution in [3.8, 4) is 0 Å². The van der Waals surface area contributed by atoms with Gasteiger partial charge in [-0.15, -0.1) is 5.10 Å². The number of nitrogens with one attached hydrogen (secondary N) is 2. The van der Waals surface area contributed by atoms with E-state index in [1.54, 1.807) is 11.9 Å². The SMILES string of the molecule is CCc1nc(C(=O)N2CCN(CC(=O)NC)CC2)n[nH]1. The number of aromatic amines is 1. The average Bonchev–Trinajstić information content (AvgIpc) is 2.96.